The van der Waals surface area contributed by atoms with Crippen molar-refractivity contribution in [2.75, 3.05) is 30.3 Å². The molecule has 0 bridgehead atoms. The number of ether oxygens (including phenoxy) is 1. The Morgan fingerprint density at radius 2 is 2.04 bits per heavy atom. The summed E-state index contributed by atoms with van der Waals surface area (Å²) in [4.78, 5) is 22.5. The summed E-state index contributed by atoms with van der Waals surface area (Å²) in [5.74, 6) is -0.495. The molecule has 0 aliphatic rings. The zero-order valence-electron chi connectivity index (χ0n) is 15.4. The van der Waals surface area contributed by atoms with Crippen molar-refractivity contribution in [3.63, 3.8) is 0 Å². The van der Waals surface area contributed by atoms with Gasteiger partial charge in [0.25, 0.3) is 5.69 Å². The Morgan fingerprint density at radius 3 is 2.58 bits per heavy atom. The molecule has 0 spiro atoms. The van der Waals surface area contributed by atoms with Crippen LogP contribution in [0.25, 0.3) is 0 Å². The van der Waals surface area contributed by atoms with E-state index >= 15 is 0 Å². The minimum Gasteiger partial charge on any atom is -0.379 e. The second-order valence-electron chi connectivity index (χ2n) is 6.12. The Balaban J connectivity index is 2.85. The number of hydrogen-bond donors (Lipinski definition) is 1. The van der Waals surface area contributed by atoms with Gasteiger partial charge in [0.15, 0.2) is 0 Å². The summed E-state index contributed by atoms with van der Waals surface area (Å²) in [6.45, 7) is 5.81. The number of rotatable bonds is 10. The molecule has 0 atom stereocenters. The number of nitro benzene ring substituents is 1. The highest BCUT2D eigenvalue weighted by Gasteiger charge is 2.24. The predicted octanol–water partition coefficient (Wildman–Crippen LogP) is 1.60. The zero-order valence-corrected chi connectivity index (χ0v) is 16.2. The fourth-order valence-corrected chi connectivity index (χ4v) is 3.07. The first-order valence-corrected chi connectivity index (χ1v) is 9.98. The first kappa shape index (κ1) is 21.8. The summed E-state index contributed by atoms with van der Waals surface area (Å²) in [7, 11) is -3.80. The van der Waals surface area contributed by atoms with Crippen LogP contribution in [0.1, 0.15) is 25.8 Å². The van der Waals surface area contributed by atoms with Gasteiger partial charge < -0.3 is 10.1 Å². The minimum atomic E-state index is -3.80. The van der Waals surface area contributed by atoms with Crippen molar-refractivity contribution in [2.45, 2.75) is 33.3 Å². The molecule has 1 rings (SSSR count). The molecule has 1 N–H and O–H groups in total. The van der Waals surface area contributed by atoms with E-state index in [1.54, 1.807) is 6.92 Å². The number of non-ortho nitro benzene ring substituents is 1. The van der Waals surface area contributed by atoms with Crippen LogP contribution in [0, 0.1) is 17.0 Å². The molecule has 1 aromatic rings. The number of amides is 1. The van der Waals surface area contributed by atoms with Crippen LogP contribution < -0.4 is 9.62 Å². The number of nitro groups is 1. The number of hydrogen-bond acceptors (Lipinski definition) is 6. The normalized spacial score (nSPS) is 11.4. The van der Waals surface area contributed by atoms with Crippen LogP contribution >= 0.6 is 0 Å². The Kier molecular flexibility index (Phi) is 7.97. The minimum absolute atomic E-state index is 0.100. The standard InChI is InChI=1S/C16H25N3O6S/c1-12(2)25-9-5-8-17-16(20)11-18(26(4,23)24)15-10-14(19(21)22)7-6-13(15)3/h6-7,10,12H,5,8-9,11H2,1-4H3,(H,17,20). The quantitative estimate of drug-likeness (QED) is 0.370. The Labute approximate surface area is 153 Å². The summed E-state index contributed by atoms with van der Waals surface area (Å²) in [5.41, 5.74) is 0.379. The number of carbonyl (C=O) groups excluding carboxylic acids is 1. The molecule has 0 unspecified atom stereocenters. The van der Waals surface area contributed by atoms with Gasteiger partial charge in [-0.1, -0.05) is 6.07 Å². The third-order valence-corrected chi connectivity index (χ3v) is 4.58. The van der Waals surface area contributed by atoms with Gasteiger partial charge in [-0.25, -0.2) is 8.42 Å². The Bertz CT molecular complexity index is 748. The molecule has 0 fully saturated rings. The second-order valence-corrected chi connectivity index (χ2v) is 8.03. The predicted molar refractivity (Wildman–Crippen MR) is 98.7 cm³/mol. The van der Waals surface area contributed by atoms with Gasteiger partial charge in [-0.15, -0.1) is 0 Å². The average Bonchev–Trinajstić information content (AvgIpc) is 2.51. The lowest BCUT2D eigenvalue weighted by molar-refractivity contribution is -0.384. The van der Waals surface area contributed by atoms with Crippen LogP contribution in [-0.2, 0) is 19.6 Å². The van der Waals surface area contributed by atoms with E-state index in [0.29, 0.717) is 25.1 Å². The fraction of sp³-hybridized carbons (Fsp3) is 0.562. The molecule has 9 nitrogen and oxygen atoms in total. The van der Waals surface area contributed by atoms with Gasteiger partial charge in [-0.2, -0.15) is 0 Å². The van der Waals surface area contributed by atoms with Crippen LogP contribution in [0.3, 0.4) is 0 Å². The summed E-state index contributed by atoms with van der Waals surface area (Å²) < 4.78 is 30.4. The molecular weight excluding hydrogens is 362 g/mol. The van der Waals surface area contributed by atoms with E-state index in [0.717, 1.165) is 16.6 Å². The molecule has 0 radical (unpaired) electrons. The summed E-state index contributed by atoms with van der Waals surface area (Å²) in [6, 6.07) is 3.89. The molecule has 0 aliphatic heterocycles. The lowest BCUT2D eigenvalue weighted by atomic mass is 10.2. The van der Waals surface area contributed by atoms with Crippen LogP contribution in [0.5, 0.6) is 0 Å². The smallest absolute Gasteiger partial charge is 0.271 e. The van der Waals surface area contributed by atoms with Gasteiger partial charge in [-0.05, 0) is 32.8 Å². The number of nitrogens with one attached hydrogen (secondary N) is 1. The summed E-state index contributed by atoms with van der Waals surface area (Å²) >= 11 is 0. The van der Waals surface area contributed by atoms with Crippen molar-refractivity contribution in [1.29, 1.82) is 0 Å². The third-order valence-electron chi connectivity index (χ3n) is 3.45. The number of anilines is 1. The van der Waals surface area contributed by atoms with E-state index in [-0.39, 0.29) is 17.5 Å². The van der Waals surface area contributed by atoms with Crippen LogP contribution in [0.4, 0.5) is 11.4 Å². The van der Waals surface area contributed by atoms with E-state index in [2.05, 4.69) is 5.32 Å². The topological polar surface area (TPSA) is 119 Å². The molecule has 26 heavy (non-hydrogen) atoms. The molecule has 0 saturated heterocycles. The summed E-state index contributed by atoms with van der Waals surface area (Å²) in [6.07, 6.45) is 1.65. The van der Waals surface area contributed by atoms with Crippen LogP contribution in [-0.4, -0.2) is 51.3 Å². The first-order valence-electron chi connectivity index (χ1n) is 8.13. The molecule has 0 heterocycles. The van der Waals surface area contributed by atoms with E-state index in [1.165, 1.54) is 12.1 Å². The molecular formula is C16H25N3O6S. The van der Waals surface area contributed by atoms with E-state index in [9.17, 15) is 23.3 Å². The fourth-order valence-electron chi connectivity index (χ4n) is 2.17. The van der Waals surface area contributed by atoms with Gasteiger partial charge in [0.1, 0.15) is 6.54 Å². The second kappa shape index (κ2) is 9.48. The molecule has 0 aromatic heterocycles. The maximum atomic E-state index is 12.1. The van der Waals surface area contributed by atoms with E-state index in [4.69, 9.17) is 4.74 Å². The third kappa shape index (κ3) is 6.96. The number of nitrogens with zero attached hydrogens (tertiary/aromatic N) is 2. The van der Waals surface area contributed by atoms with Crippen molar-refractivity contribution in [3.05, 3.63) is 33.9 Å². The molecule has 1 aromatic carbocycles. The van der Waals surface area contributed by atoms with Crippen molar-refractivity contribution in [3.8, 4) is 0 Å². The van der Waals surface area contributed by atoms with Crippen molar-refractivity contribution >= 4 is 27.3 Å². The largest absolute Gasteiger partial charge is 0.379 e. The van der Waals surface area contributed by atoms with E-state index < -0.39 is 27.4 Å². The molecule has 0 aliphatic carbocycles. The molecule has 10 heteroatoms. The zero-order chi connectivity index (χ0) is 19.9. The highest BCUT2D eigenvalue weighted by molar-refractivity contribution is 7.92. The number of aryl methyl sites for hydroxylation is 1. The monoisotopic (exact) mass is 387 g/mol. The maximum absolute atomic E-state index is 12.1. The molecule has 146 valence electrons. The number of carbonyl (C=O) groups is 1. The van der Waals surface area contributed by atoms with Crippen molar-refractivity contribution < 1.29 is 22.9 Å². The van der Waals surface area contributed by atoms with Crippen LogP contribution in [0.2, 0.25) is 0 Å². The SMILES string of the molecule is Cc1ccc([N+](=O)[O-])cc1N(CC(=O)NCCCOC(C)C)S(C)(=O)=O. The number of sulfonamides is 1. The Hall–Kier alpha value is -2.20. The van der Waals surface area contributed by atoms with Crippen LogP contribution in [0.15, 0.2) is 18.2 Å². The van der Waals surface area contributed by atoms with Gasteiger partial charge in [0, 0.05) is 25.3 Å². The highest BCUT2D eigenvalue weighted by atomic mass is 32.2. The van der Waals surface area contributed by atoms with Gasteiger partial charge in [0.2, 0.25) is 15.9 Å². The van der Waals surface area contributed by atoms with Crippen molar-refractivity contribution in [1.82, 2.24) is 5.32 Å². The lowest BCUT2D eigenvalue weighted by Crippen LogP contribution is -2.41. The van der Waals surface area contributed by atoms with Crippen molar-refractivity contribution in [2.24, 2.45) is 0 Å². The first-order chi connectivity index (χ1) is 12.0. The van der Waals surface area contributed by atoms with Gasteiger partial charge in [-0.3, -0.25) is 19.2 Å². The maximum Gasteiger partial charge on any atom is 0.271 e. The molecule has 1 amide bonds. The average molecular weight is 387 g/mol. The van der Waals surface area contributed by atoms with Gasteiger partial charge in [0.05, 0.1) is 23.0 Å². The highest BCUT2D eigenvalue weighted by Crippen LogP contribution is 2.27. The number of benzene rings is 1. The van der Waals surface area contributed by atoms with E-state index in [1.807, 2.05) is 13.8 Å². The Morgan fingerprint density at radius 1 is 1.38 bits per heavy atom. The van der Waals surface area contributed by atoms with Gasteiger partial charge >= 0.3 is 0 Å². The lowest BCUT2D eigenvalue weighted by Gasteiger charge is -2.23. The molecule has 0 saturated carbocycles. The summed E-state index contributed by atoms with van der Waals surface area (Å²) in [5, 5.41) is 13.6.